The molecule has 5 atom stereocenters. The number of carbonyl (C=O) groups is 3. The van der Waals surface area contributed by atoms with E-state index in [1.54, 1.807) is 0 Å². The number of hydrogen-bond acceptors (Lipinski definition) is 3. The molecule has 0 bridgehead atoms. The molecule has 0 radical (unpaired) electrons. The minimum Gasteiger partial charge on any atom is -0.294 e. The van der Waals surface area contributed by atoms with Crippen molar-refractivity contribution in [1.82, 2.24) is 0 Å². The number of Topliss-reactive ketones (excluding diaryl/α,β-unsaturated/α-hetero) is 3. The van der Waals surface area contributed by atoms with Crippen LogP contribution >= 0.6 is 0 Å². The predicted octanol–water partition coefficient (Wildman–Crippen LogP) is 7.77. The van der Waals surface area contributed by atoms with Crippen LogP contribution in [-0.4, -0.2) is 17.3 Å². The molecule has 3 aliphatic rings. The van der Waals surface area contributed by atoms with Crippen LogP contribution in [0, 0.1) is 41.9 Å². The van der Waals surface area contributed by atoms with Gasteiger partial charge in [-0.15, -0.1) is 0 Å². The van der Waals surface area contributed by atoms with Crippen LogP contribution in [0.25, 0.3) is 12.2 Å². The standard InChI is InChI=1S/C35H40O3/c1-20-9-12-25(13-10-20)14-16-26-15-11-21(2)29-27(26)18-33(6)19-34(7)17-22(3)28(24(5)36)32(38)35(34,8)23(4)30(33)31(29)37/h9-16,23,30H,17-19H2,1-8H3. The van der Waals surface area contributed by atoms with E-state index >= 15 is 0 Å². The summed E-state index contributed by atoms with van der Waals surface area (Å²) in [7, 11) is 0. The molecule has 38 heavy (non-hydrogen) atoms. The molecule has 0 amide bonds. The van der Waals surface area contributed by atoms with Crippen molar-refractivity contribution in [2.24, 2.45) is 28.1 Å². The van der Waals surface area contributed by atoms with Gasteiger partial charge in [0.05, 0.1) is 5.57 Å². The monoisotopic (exact) mass is 508 g/mol. The van der Waals surface area contributed by atoms with Gasteiger partial charge in [-0.2, -0.15) is 0 Å². The number of carbonyl (C=O) groups excluding carboxylic acids is 3. The highest BCUT2D eigenvalue weighted by Crippen LogP contribution is 2.68. The van der Waals surface area contributed by atoms with Gasteiger partial charge < -0.3 is 0 Å². The third-order valence-electron chi connectivity index (χ3n) is 10.5. The van der Waals surface area contributed by atoms with Crippen molar-refractivity contribution in [3.63, 3.8) is 0 Å². The summed E-state index contributed by atoms with van der Waals surface area (Å²) in [6.45, 7) is 16.2. The lowest BCUT2D eigenvalue weighted by molar-refractivity contribution is -0.159. The van der Waals surface area contributed by atoms with E-state index in [1.807, 2.05) is 20.8 Å². The van der Waals surface area contributed by atoms with Gasteiger partial charge in [-0.05, 0) is 86.0 Å². The second kappa shape index (κ2) is 8.73. The molecule has 0 aromatic heterocycles. The first-order valence-electron chi connectivity index (χ1n) is 13.9. The highest BCUT2D eigenvalue weighted by molar-refractivity contribution is 6.23. The van der Waals surface area contributed by atoms with Crippen molar-refractivity contribution < 1.29 is 14.4 Å². The number of rotatable bonds is 3. The Morgan fingerprint density at radius 2 is 1.58 bits per heavy atom. The molecule has 198 valence electrons. The zero-order valence-electron chi connectivity index (χ0n) is 24.1. The van der Waals surface area contributed by atoms with Crippen molar-refractivity contribution >= 4 is 29.5 Å². The predicted molar refractivity (Wildman–Crippen MR) is 154 cm³/mol. The Balaban J connectivity index is 1.63. The summed E-state index contributed by atoms with van der Waals surface area (Å²) < 4.78 is 0. The Bertz CT molecular complexity index is 1440. The average molecular weight is 509 g/mol. The summed E-state index contributed by atoms with van der Waals surface area (Å²) in [5.41, 5.74) is 6.34. The van der Waals surface area contributed by atoms with Gasteiger partial charge in [0.25, 0.3) is 0 Å². The molecular formula is C35H40O3. The Morgan fingerprint density at radius 3 is 2.21 bits per heavy atom. The molecule has 1 saturated carbocycles. The molecule has 5 unspecified atom stereocenters. The van der Waals surface area contributed by atoms with Crippen LogP contribution in [0.15, 0.2) is 47.5 Å². The summed E-state index contributed by atoms with van der Waals surface area (Å²) in [5.74, 6) is -0.490. The second-order valence-corrected chi connectivity index (χ2v) is 13.2. The summed E-state index contributed by atoms with van der Waals surface area (Å²) in [6, 6.07) is 12.7. The quantitative estimate of drug-likeness (QED) is 0.314. The van der Waals surface area contributed by atoms with Gasteiger partial charge in [-0.3, -0.25) is 14.4 Å². The normalized spacial score (nSPS) is 32.7. The molecule has 2 aromatic carbocycles. The Labute approximate surface area is 227 Å². The van der Waals surface area contributed by atoms with Gasteiger partial charge in [0, 0.05) is 16.9 Å². The molecule has 1 fully saturated rings. The lowest BCUT2D eigenvalue weighted by atomic mass is 9.37. The molecule has 2 aromatic rings. The van der Waals surface area contributed by atoms with Crippen LogP contribution in [0.1, 0.15) is 92.6 Å². The second-order valence-electron chi connectivity index (χ2n) is 13.2. The molecule has 0 spiro atoms. The molecule has 0 N–H and O–H groups in total. The number of benzene rings is 2. The van der Waals surface area contributed by atoms with E-state index in [2.05, 4.69) is 76.2 Å². The van der Waals surface area contributed by atoms with Crippen LogP contribution in [0.2, 0.25) is 0 Å². The maximum Gasteiger partial charge on any atom is 0.173 e. The molecule has 0 heterocycles. The van der Waals surface area contributed by atoms with Crippen LogP contribution in [0.4, 0.5) is 0 Å². The molecule has 3 heteroatoms. The Hall–Kier alpha value is -3.07. The minimum absolute atomic E-state index is 0.0594. The van der Waals surface area contributed by atoms with Crippen LogP contribution in [0.5, 0.6) is 0 Å². The molecule has 3 nitrogen and oxygen atoms in total. The largest absolute Gasteiger partial charge is 0.294 e. The van der Waals surface area contributed by atoms with Crippen LogP contribution in [-0.2, 0) is 16.0 Å². The third kappa shape index (κ3) is 3.65. The first kappa shape index (κ1) is 26.5. The first-order chi connectivity index (χ1) is 17.7. The van der Waals surface area contributed by atoms with Gasteiger partial charge in [0.1, 0.15) is 0 Å². The maximum absolute atomic E-state index is 14.4. The Morgan fingerprint density at radius 1 is 0.921 bits per heavy atom. The number of allylic oxidation sites excluding steroid dienone is 2. The summed E-state index contributed by atoms with van der Waals surface area (Å²) in [5, 5.41) is 0. The molecule has 5 rings (SSSR count). The van der Waals surface area contributed by atoms with Crippen LogP contribution < -0.4 is 0 Å². The van der Waals surface area contributed by atoms with Crippen molar-refractivity contribution in [1.29, 1.82) is 0 Å². The van der Waals surface area contributed by atoms with E-state index in [-0.39, 0.29) is 40.0 Å². The number of fused-ring (bicyclic) bond motifs is 3. The number of ketones is 3. The zero-order chi connectivity index (χ0) is 27.8. The van der Waals surface area contributed by atoms with E-state index in [1.165, 1.54) is 12.5 Å². The summed E-state index contributed by atoms with van der Waals surface area (Å²) in [4.78, 5) is 41.0. The number of hydrogen-bond donors (Lipinski definition) is 0. The molecule has 0 aliphatic heterocycles. The van der Waals surface area contributed by atoms with Crippen LogP contribution in [0.3, 0.4) is 0 Å². The van der Waals surface area contributed by atoms with Gasteiger partial charge in [0.15, 0.2) is 17.3 Å². The van der Waals surface area contributed by atoms with E-state index < -0.39 is 5.41 Å². The fourth-order valence-electron chi connectivity index (χ4n) is 8.60. The highest BCUT2D eigenvalue weighted by Gasteiger charge is 2.67. The lowest BCUT2D eigenvalue weighted by Gasteiger charge is -2.64. The smallest absolute Gasteiger partial charge is 0.173 e. The third-order valence-corrected chi connectivity index (χ3v) is 10.5. The number of aryl methyl sites for hydroxylation is 2. The SMILES string of the molecule is CC(=O)C1=C(C)CC2(C)CC3(C)Cc4c(C=Cc5ccc(C)cc5)ccc(C)c4C(=O)C3C(C)C2(C)C1=O. The van der Waals surface area contributed by atoms with E-state index in [0.29, 0.717) is 12.0 Å². The van der Waals surface area contributed by atoms with Crippen molar-refractivity contribution in [2.75, 3.05) is 0 Å². The molecule has 3 aliphatic carbocycles. The van der Waals surface area contributed by atoms with Crippen molar-refractivity contribution in [3.8, 4) is 0 Å². The summed E-state index contributed by atoms with van der Waals surface area (Å²) >= 11 is 0. The topological polar surface area (TPSA) is 51.2 Å². The van der Waals surface area contributed by atoms with Gasteiger partial charge >= 0.3 is 0 Å². The molecule has 0 saturated heterocycles. The fraction of sp³-hybridized carbons (Fsp3) is 0.457. The van der Waals surface area contributed by atoms with Gasteiger partial charge in [0.2, 0.25) is 0 Å². The fourth-order valence-corrected chi connectivity index (χ4v) is 8.60. The van der Waals surface area contributed by atoms with E-state index in [4.69, 9.17) is 0 Å². The Kier molecular flexibility index (Phi) is 6.09. The average Bonchev–Trinajstić information content (AvgIpc) is 2.81. The first-order valence-corrected chi connectivity index (χ1v) is 13.9. The lowest BCUT2D eigenvalue weighted by Crippen LogP contribution is -2.64. The van der Waals surface area contributed by atoms with Crippen molar-refractivity contribution in [2.45, 2.75) is 74.7 Å². The van der Waals surface area contributed by atoms with Gasteiger partial charge in [-0.1, -0.05) is 87.4 Å². The zero-order valence-corrected chi connectivity index (χ0v) is 24.1. The van der Waals surface area contributed by atoms with E-state index in [0.717, 1.165) is 46.2 Å². The molecular weight excluding hydrogens is 468 g/mol. The van der Waals surface area contributed by atoms with Gasteiger partial charge in [-0.25, -0.2) is 0 Å². The van der Waals surface area contributed by atoms with E-state index in [9.17, 15) is 14.4 Å². The highest BCUT2D eigenvalue weighted by atomic mass is 16.2. The summed E-state index contributed by atoms with van der Waals surface area (Å²) in [6.07, 6.45) is 6.57. The minimum atomic E-state index is -0.762. The van der Waals surface area contributed by atoms with Crippen molar-refractivity contribution in [3.05, 3.63) is 80.9 Å². The maximum atomic E-state index is 14.4.